The van der Waals surface area contributed by atoms with E-state index in [1.54, 1.807) is 42.9 Å². The van der Waals surface area contributed by atoms with Crippen LogP contribution in [0.5, 0.6) is 5.75 Å². The average Bonchev–Trinajstić information content (AvgIpc) is 2.96. The van der Waals surface area contributed by atoms with Crippen LogP contribution in [0.4, 0.5) is 5.69 Å². The van der Waals surface area contributed by atoms with E-state index in [1.807, 2.05) is 6.07 Å². The van der Waals surface area contributed by atoms with Gasteiger partial charge in [0.05, 0.1) is 28.1 Å². The quantitative estimate of drug-likeness (QED) is 0.541. The Labute approximate surface area is 169 Å². The molecule has 0 amide bonds. The van der Waals surface area contributed by atoms with Crippen LogP contribution in [0.3, 0.4) is 0 Å². The zero-order chi connectivity index (χ0) is 21.6. The summed E-state index contributed by atoms with van der Waals surface area (Å²) in [5, 5.41) is 19.3. The van der Waals surface area contributed by atoms with Crippen LogP contribution in [0.1, 0.15) is 16.1 Å². The minimum atomic E-state index is -1.08. The number of carboxylic acid groups (broad SMARTS) is 1. The lowest BCUT2D eigenvalue weighted by atomic mass is 10.00. The number of carbonyl (C=O) groups is 1. The van der Waals surface area contributed by atoms with Crippen LogP contribution in [-0.2, 0) is 7.05 Å². The molecule has 30 heavy (non-hydrogen) atoms. The molecule has 4 aromatic rings. The van der Waals surface area contributed by atoms with Crippen molar-refractivity contribution in [2.75, 3.05) is 0 Å². The van der Waals surface area contributed by atoms with E-state index in [9.17, 15) is 19.5 Å². The van der Waals surface area contributed by atoms with E-state index >= 15 is 0 Å². The van der Waals surface area contributed by atoms with Crippen molar-refractivity contribution < 1.29 is 15.0 Å². The van der Waals surface area contributed by atoms with Crippen molar-refractivity contribution in [1.29, 1.82) is 0 Å². The second-order valence-corrected chi connectivity index (χ2v) is 6.80. The summed E-state index contributed by atoms with van der Waals surface area (Å²) in [6.07, 6.45) is 0. The first kappa shape index (κ1) is 19.1. The number of nitrogens with zero attached hydrogens (tertiary/aromatic N) is 3. The molecule has 0 saturated heterocycles. The first-order valence-corrected chi connectivity index (χ1v) is 9.06. The van der Waals surface area contributed by atoms with Gasteiger partial charge in [-0.3, -0.25) is 14.3 Å². The van der Waals surface area contributed by atoms with Gasteiger partial charge in [0.15, 0.2) is 11.1 Å². The highest BCUT2D eigenvalue weighted by molar-refractivity contribution is 5.87. The van der Waals surface area contributed by atoms with Gasteiger partial charge in [0.1, 0.15) is 0 Å². The summed E-state index contributed by atoms with van der Waals surface area (Å²) in [5.41, 5.74) is 0.679. The molecule has 0 spiro atoms. The molecule has 0 atom stereocenters. The fraction of sp³-hybridized carbons (Fsp3) is 0.0909. The Balaban J connectivity index is 1.82. The van der Waals surface area contributed by atoms with Crippen LogP contribution >= 0.6 is 0 Å². The van der Waals surface area contributed by atoms with Crippen molar-refractivity contribution in [2.45, 2.75) is 6.92 Å². The summed E-state index contributed by atoms with van der Waals surface area (Å²) in [6.45, 7) is 1.70. The van der Waals surface area contributed by atoms with Gasteiger partial charge in [-0.05, 0) is 43.3 Å². The maximum Gasteiger partial charge on any atom is 0.335 e. The molecule has 0 aliphatic heterocycles. The van der Waals surface area contributed by atoms with Crippen molar-refractivity contribution in [1.82, 2.24) is 9.36 Å². The van der Waals surface area contributed by atoms with Gasteiger partial charge in [0, 0.05) is 12.7 Å². The van der Waals surface area contributed by atoms with Crippen molar-refractivity contribution >= 4 is 11.7 Å². The van der Waals surface area contributed by atoms with E-state index in [4.69, 9.17) is 5.11 Å². The van der Waals surface area contributed by atoms with E-state index in [0.29, 0.717) is 17.1 Å². The Bertz CT molecular complexity index is 1420. The van der Waals surface area contributed by atoms with E-state index in [0.717, 1.165) is 0 Å². The van der Waals surface area contributed by atoms with E-state index in [-0.39, 0.29) is 27.8 Å². The maximum atomic E-state index is 13.1. The highest BCUT2D eigenvalue weighted by Gasteiger charge is 2.28. The third kappa shape index (κ3) is 2.86. The zero-order valence-corrected chi connectivity index (χ0v) is 16.2. The number of hydrogen-bond acceptors (Lipinski definition) is 5. The van der Waals surface area contributed by atoms with E-state index in [2.05, 4.69) is 4.99 Å². The molecule has 0 aliphatic carbocycles. The Hall–Kier alpha value is -4.20. The van der Waals surface area contributed by atoms with Gasteiger partial charge < -0.3 is 10.2 Å². The first-order valence-electron chi connectivity index (χ1n) is 9.06. The van der Waals surface area contributed by atoms with Gasteiger partial charge in [-0.2, -0.15) is 0 Å². The van der Waals surface area contributed by atoms with Gasteiger partial charge in [-0.15, -0.1) is 0 Å². The van der Waals surface area contributed by atoms with E-state index in [1.165, 1.54) is 28.9 Å². The predicted octanol–water partition coefficient (Wildman–Crippen LogP) is 2.02. The monoisotopic (exact) mass is 403 g/mol. The first-order chi connectivity index (χ1) is 14.3. The molecule has 150 valence electrons. The molecule has 0 fully saturated rings. The Kier molecular flexibility index (Phi) is 4.46. The molecule has 1 aromatic heterocycles. The normalized spacial score (nSPS) is 11.9. The Morgan fingerprint density at radius 3 is 2.17 bits per heavy atom. The highest BCUT2D eigenvalue weighted by Crippen LogP contribution is 2.26. The minimum Gasteiger partial charge on any atom is -0.505 e. The predicted molar refractivity (Wildman–Crippen MR) is 110 cm³/mol. The minimum absolute atomic E-state index is 0.0660. The van der Waals surface area contributed by atoms with Crippen molar-refractivity contribution in [3.63, 3.8) is 0 Å². The van der Waals surface area contributed by atoms with Gasteiger partial charge in [-0.25, -0.2) is 14.5 Å². The third-order valence-corrected chi connectivity index (χ3v) is 5.06. The summed E-state index contributed by atoms with van der Waals surface area (Å²) in [6, 6.07) is 14.6. The van der Waals surface area contributed by atoms with Crippen LogP contribution < -0.4 is 16.3 Å². The van der Waals surface area contributed by atoms with Gasteiger partial charge in [-0.1, -0.05) is 18.2 Å². The third-order valence-electron chi connectivity index (χ3n) is 5.06. The number of benzene rings is 2. The summed E-state index contributed by atoms with van der Waals surface area (Å²) in [4.78, 5) is 40.8. The van der Waals surface area contributed by atoms with Crippen LogP contribution in [0.25, 0.3) is 16.8 Å². The Morgan fingerprint density at radius 1 is 0.967 bits per heavy atom. The molecule has 4 rings (SSSR count). The van der Waals surface area contributed by atoms with E-state index < -0.39 is 17.0 Å². The van der Waals surface area contributed by atoms with Gasteiger partial charge in [0.2, 0.25) is 5.43 Å². The molecule has 0 aliphatic rings. The molecule has 1 heterocycles. The number of para-hydroxylation sites is 1. The van der Waals surface area contributed by atoms with Crippen molar-refractivity contribution in [2.24, 2.45) is 12.0 Å². The molecule has 0 unspecified atom stereocenters. The molecule has 0 bridgehead atoms. The van der Waals surface area contributed by atoms with Crippen LogP contribution in [0.2, 0.25) is 0 Å². The van der Waals surface area contributed by atoms with Crippen LogP contribution in [0, 0.1) is 6.92 Å². The number of carboxylic acids is 1. The smallest absolute Gasteiger partial charge is 0.335 e. The van der Waals surface area contributed by atoms with Gasteiger partial charge >= 0.3 is 5.97 Å². The summed E-state index contributed by atoms with van der Waals surface area (Å²) >= 11 is 0. The maximum absolute atomic E-state index is 13.1. The summed E-state index contributed by atoms with van der Waals surface area (Å²) < 4.78 is 3.05. The lowest BCUT2D eigenvalue weighted by molar-refractivity contribution is 0.0697. The lowest BCUT2D eigenvalue weighted by Crippen LogP contribution is -2.35. The second kappa shape index (κ2) is 7.00. The zero-order valence-electron chi connectivity index (χ0n) is 16.2. The standard InChI is InChI=1S/C22H17N3O5/c1-12-16(21(28)25(24(12)2)15-6-4-3-5-7-15)17-19(26)18(20(17)27)23-14-10-8-13(9-11-14)22(29)30/h3-11,26H,1-2H3,(H,29,30). The SMILES string of the molecule is Cc1c(-c2c(O)c(=Nc3ccc(C(=O)O)cc3)c2=O)c(=O)n(-c2ccccc2)n1C. The fourth-order valence-electron chi connectivity index (χ4n) is 3.39. The number of aromatic carboxylic acids is 1. The molecular formula is C22H17N3O5. The fourth-order valence-corrected chi connectivity index (χ4v) is 3.39. The molecule has 3 aromatic carbocycles. The number of rotatable bonds is 4. The Morgan fingerprint density at radius 2 is 1.60 bits per heavy atom. The van der Waals surface area contributed by atoms with Crippen molar-refractivity contribution in [3.8, 4) is 22.6 Å². The molecule has 8 heteroatoms. The highest BCUT2D eigenvalue weighted by atomic mass is 16.4. The van der Waals surface area contributed by atoms with Crippen molar-refractivity contribution in [3.05, 3.63) is 91.8 Å². The van der Waals surface area contributed by atoms with Crippen LogP contribution in [0.15, 0.2) is 69.2 Å². The second-order valence-electron chi connectivity index (χ2n) is 6.80. The lowest BCUT2D eigenvalue weighted by Gasteiger charge is -2.08. The summed E-state index contributed by atoms with van der Waals surface area (Å²) in [7, 11) is 1.70. The number of hydrogen-bond donors (Lipinski definition) is 2. The molecule has 2 N–H and O–H groups in total. The van der Waals surface area contributed by atoms with Gasteiger partial charge in [0.25, 0.3) is 5.56 Å². The summed E-state index contributed by atoms with van der Waals surface area (Å²) in [5.74, 6) is -1.43. The topological polar surface area (TPSA) is 114 Å². The average molecular weight is 403 g/mol. The van der Waals surface area contributed by atoms with Crippen LogP contribution in [-0.4, -0.2) is 25.5 Å². The largest absolute Gasteiger partial charge is 0.505 e. The molecular weight excluding hydrogens is 386 g/mol. The molecule has 0 radical (unpaired) electrons. The molecule has 0 saturated carbocycles. The number of aromatic hydroxyl groups is 1. The molecule has 8 nitrogen and oxygen atoms in total. The number of aromatic nitrogens is 2.